The minimum absolute atomic E-state index is 0.0340. The van der Waals surface area contributed by atoms with Gasteiger partial charge in [-0.15, -0.1) is 0 Å². The molecule has 1 atom stereocenters. The van der Waals surface area contributed by atoms with E-state index in [1.54, 1.807) is 24.3 Å². The van der Waals surface area contributed by atoms with Gasteiger partial charge in [0.2, 0.25) is 0 Å². The monoisotopic (exact) mass is 429 g/mol. The van der Waals surface area contributed by atoms with E-state index in [1.165, 1.54) is 19.1 Å². The van der Waals surface area contributed by atoms with Crippen LogP contribution in [0.4, 0.5) is 11.4 Å². The summed E-state index contributed by atoms with van der Waals surface area (Å²) in [7, 11) is 0. The van der Waals surface area contributed by atoms with Gasteiger partial charge in [-0.2, -0.15) is 0 Å². The second kappa shape index (κ2) is 9.11. The largest absolute Gasteiger partial charge is 0.494 e. The lowest BCUT2D eigenvalue weighted by molar-refractivity contribution is -0.384. The molecule has 1 heterocycles. The van der Waals surface area contributed by atoms with E-state index in [-0.39, 0.29) is 16.8 Å². The molecule has 0 aliphatic rings. The number of nitrogens with zero attached hydrogens (tertiary/aromatic N) is 2. The summed E-state index contributed by atoms with van der Waals surface area (Å²) in [6.45, 7) is 3.24. The van der Waals surface area contributed by atoms with Crippen molar-refractivity contribution in [3.05, 3.63) is 63.1 Å². The molecule has 0 radical (unpaired) electrons. The first-order valence-corrected chi connectivity index (χ1v) is 9.29. The molecule has 0 fully saturated rings. The molecule has 1 unspecified atom stereocenters. The van der Waals surface area contributed by atoms with Gasteiger partial charge >= 0.3 is 11.7 Å². The molecule has 0 spiro atoms. The summed E-state index contributed by atoms with van der Waals surface area (Å²) in [5.41, 5.74) is 0.401. The average molecular weight is 429 g/mol. The van der Waals surface area contributed by atoms with Crippen molar-refractivity contribution >= 4 is 34.4 Å². The molecular weight excluding hydrogens is 410 g/mol. The molecule has 162 valence electrons. The minimum Gasteiger partial charge on any atom is -0.494 e. The molecule has 0 saturated heterocycles. The van der Waals surface area contributed by atoms with Crippen LogP contribution in [0.5, 0.6) is 5.75 Å². The number of amides is 1. The fraction of sp³-hybridized carbons (Fsp3) is 0.250. The van der Waals surface area contributed by atoms with Crippen LogP contribution in [0, 0.1) is 10.1 Å². The van der Waals surface area contributed by atoms with E-state index in [9.17, 15) is 24.5 Å². The standard InChI is InChI=1S/C20H19N3O8/c1-3-29-15-7-4-13(5-8-15)21-19(25)12(2)30-18(24)11-22-16-9-6-14(23(27)28)10-17(16)31-20(22)26/h4-10,12H,3,11H2,1-2H3,(H,21,25). The second-order valence-corrected chi connectivity index (χ2v) is 6.44. The highest BCUT2D eigenvalue weighted by Crippen LogP contribution is 2.20. The van der Waals surface area contributed by atoms with Gasteiger partial charge in [-0.3, -0.25) is 24.3 Å². The fourth-order valence-corrected chi connectivity index (χ4v) is 2.78. The van der Waals surface area contributed by atoms with Crippen molar-refractivity contribution in [1.29, 1.82) is 0 Å². The number of anilines is 1. The number of benzene rings is 2. The van der Waals surface area contributed by atoms with Gasteiger partial charge in [0.1, 0.15) is 12.3 Å². The Kier molecular flexibility index (Phi) is 6.34. The number of hydrogen-bond acceptors (Lipinski definition) is 8. The number of nitrogens with one attached hydrogen (secondary N) is 1. The number of esters is 1. The topological polar surface area (TPSA) is 143 Å². The van der Waals surface area contributed by atoms with E-state index in [4.69, 9.17) is 13.9 Å². The van der Waals surface area contributed by atoms with Gasteiger partial charge in [-0.1, -0.05) is 0 Å². The SMILES string of the molecule is CCOc1ccc(NC(=O)C(C)OC(=O)Cn2c(=O)oc3cc([N+](=O)[O-])ccc32)cc1. The molecule has 0 bridgehead atoms. The van der Waals surface area contributed by atoms with Crippen LogP contribution in [0.25, 0.3) is 11.1 Å². The molecule has 3 aromatic rings. The third kappa shape index (κ3) is 5.07. The minimum atomic E-state index is -1.13. The van der Waals surface area contributed by atoms with Crippen molar-refractivity contribution in [2.75, 3.05) is 11.9 Å². The fourth-order valence-electron chi connectivity index (χ4n) is 2.78. The Balaban J connectivity index is 1.63. The van der Waals surface area contributed by atoms with E-state index in [1.807, 2.05) is 6.92 Å². The summed E-state index contributed by atoms with van der Waals surface area (Å²) in [4.78, 5) is 46.7. The maximum absolute atomic E-state index is 12.3. The molecule has 3 rings (SSSR count). The van der Waals surface area contributed by atoms with Crippen LogP contribution >= 0.6 is 0 Å². The Morgan fingerprint density at radius 3 is 2.58 bits per heavy atom. The first-order chi connectivity index (χ1) is 14.8. The zero-order chi connectivity index (χ0) is 22.5. The van der Waals surface area contributed by atoms with Crippen molar-refractivity contribution in [2.45, 2.75) is 26.5 Å². The quantitative estimate of drug-likeness (QED) is 0.327. The van der Waals surface area contributed by atoms with E-state index in [2.05, 4.69) is 5.32 Å². The van der Waals surface area contributed by atoms with Gasteiger partial charge in [0.15, 0.2) is 11.7 Å². The molecule has 0 aliphatic heterocycles. The van der Waals surface area contributed by atoms with Crippen molar-refractivity contribution in [3.8, 4) is 5.75 Å². The molecule has 0 aliphatic carbocycles. The van der Waals surface area contributed by atoms with Crippen molar-refractivity contribution < 1.29 is 28.4 Å². The Bertz CT molecular complexity index is 1180. The van der Waals surface area contributed by atoms with Crippen molar-refractivity contribution in [3.63, 3.8) is 0 Å². The van der Waals surface area contributed by atoms with Gasteiger partial charge in [-0.25, -0.2) is 4.79 Å². The van der Waals surface area contributed by atoms with Crippen LogP contribution in [-0.4, -0.2) is 34.1 Å². The van der Waals surface area contributed by atoms with Crippen molar-refractivity contribution in [2.24, 2.45) is 0 Å². The lowest BCUT2D eigenvalue weighted by atomic mass is 10.3. The first-order valence-electron chi connectivity index (χ1n) is 9.29. The number of carbonyl (C=O) groups is 2. The number of ether oxygens (including phenoxy) is 2. The summed E-state index contributed by atoms with van der Waals surface area (Å²) >= 11 is 0. The molecule has 11 nitrogen and oxygen atoms in total. The number of aromatic nitrogens is 1. The van der Waals surface area contributed by atoms with E-state index < -0.39 is 35.2 Å². The van der Waals surface area contributed by atoms with Crippen LogP contribution in [0.2, 0.25) is 0 Å². The van der Waals surface area contributed by atoms with Crippen LogP contribution in [0.1, 0.15) is 13.8 Å². The van der Waals surface area contributed by atoms with Gasteiger partial charge < -0.3 is 19.2 Å². The molecule has 1 N–H and O–H groups in total. The number of hydrogen-bond donors (Lipinski definition) is 1. The highest BCUT2D eigenvalue weighted by atomic mass is 16.6. The molecule has 1 aromatic heterocycles. The summed E-state index contributed by atoms with van der Waals surface area (Å²) < 4.78 is 16.3. The molecule has 31 heavy (non-hydrogen) atoms. The number of rotatable bonds is 8. The average Bonchev–Trinajstić information content (AvgIpc) is 3.03. The Hall–Kier alpha value is -4.15. The van der Waals surface area contributed by atoms with Gasteiger partial charge in [0.25, 0.3) is 11.6 Å². The summed E-state index contributed by atoms with van der Waals surface area (Å²) in [5, 5.41) is 13.4. The number of nitro benzene ring substituents is 1. The normalized spacial score (nSPS) is 11.7. The summed E-state index contributed by atoms with van der Waals surface area (Å²) in [6, 6.07) is 10.2. The lowest BCUT2D eigenvalue weighted by Gasteiger charge is -2.14. The zero-order valence-corrected chi connectivity index (χ0v) is 16.7. The van der Waals surface area contributed by atoms with E-state index >= 15 is 0 Å². The molecule has 1 amide bonds. The maximum Gasteiger partial charge on any atom is 0.420 e. The van der Waals surface area contributed by atoms with Gasteiger partial charge in [-0.05, 0) is 44.2 Å². The third-order valence-electron chi connectivity index (χ3n) is 4.26. The van der Waals surface area contributed by atoms with Crippen LogP contribution < -0.4 is 15.8 Å². The number of carbonyl (C=O) groups excluding carboxylic acids is 2. The predicted octanol–water partition coefficient (Wildman–Crippen LogP) is 2.47. The highest BCUT2D eigenvalue weighted by Gasteiger charge is 2.21. The number of fused-ring (bicyclic) bond motifs is 1. The summed E-state index contributed by atoms with van der Waals surface area (Å²) in [6.07, 6.45) is -1.13. The Morgan fingerprint density at radius 2 is 1.94 bits per heavy atom. The number of oxazole rings is 1. The number of nitro groups is 1. The lowest BCUT2D eigenvalue weighted by Crippen LogP contribution is -2.32. The molecule has 11 heteroatoms. The molecular formula is C20H19N3O8. The summed E-state index contributed by atoms with van der Waals surface area (Å²) in [5.74, 6) is -1.63. The number of non-ortho nitro benzene ring substituents is 1. The van der Waals surface area contributed by atoms with Crippen LogP contribution in [0.15, 0.2) is 51.7 Å². The van der Waals surface area contributed by atoms with Crippen LogP contribution in [0.3, 0.4) is 0 Å². The predicted molar refractivity (Wildman–Crippen MR) is 109 cm³/mol. The second-order valence-electron chi connectivity index (χ2n) is 6.44. The van der Waals surface area contributed by atoms with E-state index in [0.717, 1.165) is 10.6 Å². The molecule has 0 saturated carbocycles. The van der Waals surface area contributed by atoms with Gasteiger partial charge in [0.05, 0.1) is 23.1 Å². The van der Waals surface area contributed by atoms with Gasteiger partial charge in [0, 0.05) is 11.8 Å². The van der Waals surface area contributed by atoms with E-state index in [0.29, 0.717) is 18.0 Å². The highest BCUT2D eigenvalue weighted by molar-refractivity contribution is 5.95. The molecule has 2 aromatic carbocycles. The maximum atomic E-state index is 12.3. The first kappa shape index (κ1) is 21.6. The zero-order valence-electron chi connectivity index (χ0n) is 16.7. The van der Waals surface area contributed by atoms with Crippen LogP contribution in [-0.2, 0) is 20.9 Å². The Labute approximate surface area is 175 Å². The Morgan fingerprint density at radius 1 is 1.23 bits per heavy atom. The smallest absolute Gasteiger partial charge is 0.420 e. The van der Waals surface area contributed by atoms with Crippen molar-refractivity contribution in [1.82, 2.24) is 4.57 Å². The third-order valence-corrected chi connectivity index (χ3v) is 4.26.